The first kappa shape index (κ1) is 15.2. The molecular formula is C16H15N5OS. The van der Waals surface area contributed by atoms with Gasteiger partial charge in [0.25, 0.3) is 5.91 Å². The zero-order chi connectivity index (χ0) is 16.1. The molecule has 1 amide bonds. The number of pyridine rings is 1. The topological polar surface area (TPSA) is 80.7 Å². The largest absolute Gasteiger partial charge is 0.350 e. The highest BCUT2D eigenvalue weighted by atomic mass is 32.1. The van der Waals surface area contributed by atoms with Crippen LogP contribution in [0.1, 0.15) is 21.2 Å². The number of nitrogens with one attached hydrogen (secondary N) is 1. The number of carbonyl (C=O) groups is 1. The molecule has 6 nitrogen and oxygen atoms in total. The van der Waals surface area contributed by atoms with Crippen molar-refractivity contribution in [3.8, 4) is 11.4 Å². The number of hydrogen-bond donors (Lipinski definition) is 1. The van der Waals surface area contributed by atoms with Crippen LogP contribution in [0.15, 0.2) is 42.2 Å². The predicted octanol–water partition coefficient (Wildman–Crippen LogP) is 2.28. The second kappa shape index (κ2) is 7.06. The van der Waals surface area contributed by atoms with Crippen LogP contribution in [0.5, 0.6) is 0 Å². The summed E-state index contributed by atoms with van der Waals surface area (Å²) >= 11 is 1.56. The van der Waals surface area contributed by atoms with Crippen LogP contribution in [-0.2, 0) is 6.42 Å². The fourth-order valence-electron chi connectivity index (χ4n) is 1.94. The summed E-state index contributed by atoms with van der Waals surface area (Å²) in [5, 5.41) is 5.76. The standard InChI is InChI=1S/C16H15N5OS/c1-11-8-20-13(9-19-11)16(22)18-7-5-15-21-14(10-23-15)12-4-2-3-6-17-12/h2-4,6,8-10H,5,7H2,1H3,(H,18,22). The Hall–Kier alpha value is -2.67. The number of hydrogen-bond acceptors (Lipinski definition) is 6. The van der Waals surface area contributed by atoms with E-state index in [9.17, 15) is 4.79 Å². The van der Waals surface area contributed by atoms with E-state index in [1.54, 1.807) is 23.7 Å². The molecule has 0 aliphatic carbocycles. The number of rotatable bonds is 5. The van der Waals surface area contributed by atoms with E-state index in [0.29, 0.717) is 18.7 Å². The third-order valence-electron chi connectivity index (χ3n) is 3.12. The second-order valence-electron chi connectivity index (χ2n) is 4.89. The lowest BCUT2D eigenvalue weighted by molar-refractivity contribution is 0.0948. The number of nitrogens with zero attached hydrogens (tertiary/aromatic N) is 4. The maximum absolute atomic E-state index is 11.9. The van der Waals surface area contributed by atoms with Gasteiger partial charge in [0.05, 0.1) is 28.3 Å². The highest BCUT2D eigenvalue weighted by Gasteiger charge is 2.08. The summed E-state index contributed by atoms with van der Waals surface area (Å²) in [7, 11) is 0. The van der Waals surface area contributed by atoms with Gasteiger partial charge in [0.2, 0.25) is 0 Å². The van der Waals surface area contributed by atoms with E-state index in [4.69, 9.17) is 0 Å². The van der Waals surface area contributed by atoms with Gasteiger partial charge in [-0.25, -0.2) is 9.97 Å². The van der Waals surface area contributed by atoms with Gasteiger partial charge in [-0.2, -0.15) is 0 Å². The van der Waals surface area contributed by atoms with Gasteiger partial charge in [0.15, 0.2) is 0 Å². The van der Waals surface area contributed by atoms with Gasteiger partial charge >= 0.3 is 0 Å². The van der Waals surface area contributed by atoms with Crippen LogP contribution in [0.2, 0.25) is 0 Å². The van der Waals surface area contributed by atoms with Crippen LogP contribution < -0.4 is 5.32 Å². The maximum Gasteiger partial charge on any atom is 0.271 e. The van der Waals surface area contributed by atoms with Gasteiger partial charge in [-0.3, -0.25) is 14.8 Å². The minimum absolute atomic E-state index is 0.223. The molecule has 1 N–H and O–H groups in total. The third kappa shape index (κ3) is 3.95. The van der Waals surface area contributed by atoms with Crippen molar-refractivity contribution in [2.24, 2.45) is 0 Å². The highest BCUT2D eigenvalue weighted by molar-refractivity contribution is 7.09. The fourth-order valence-corrected chi connectivity index (χ4v) is 2.73. The average Bonchev–Trinajstić information content (AvgIpc) is 3.05. The monoisotopic (exact) mass is 325 g/mol. The molecule has 0 aromatic carbocycles. The average molecular weight is 325 g/mol. The summed E-state index contributed by atoms with van der Waals surface area (Å²) in [5.74, 6) is -0.223. The molecule has 0 atom stereocenters. The molecule has 0 saturated heterocycles. The Morgan fingerprint density at radius 1 is 1.17 bits per heavy atom. The molecule has 0 aliphatic heterocycles. The van der Waals surface area contributed by atoms with E-state index >= 15 is 0 Å². The minimum Gasteiger partial charge on any atom is -0.350 e. The Bertz CT molecular complexity index is 786. The first-order valence-electron chi connectivity index (χ1n) is 7.15. The summed E-state index contributed by atoms with van der Waals surface area (Å²) in [5.41, 5.74) is 2.82. The smallest absolute Gasteiger partial charge is 0.271 e. The number of aromatic nitrogens is 4. The third-order valence-corrected chi connectivity index (χ3v) is 4.03. The van der Waals surface area contributed by atoms with Crippen molar-refractivity contribution < 1.29 is 4.79 Å². The molecule has 3 rings (SSSR count). The van der Waals surface area contributed by atoms with Crippen molar-refractivity contribution in [1.82, 2.24) is 25.3 Å². The van der Waals surface area contributed by atoms with Crippen molar-refractivity contribution in [3.05, 3.63) is 58.6 Å². The molecule has 3 aromatic rings. The Labute approximate surface area is 137 Å². The molecule has 3 heterocycles. The predicted molar refractivity (Wildman–Crippen MR) is 88.2 cm³/mol. The summed E-state index contributed by atoms with van der Waals surface area (Å²) in [4.78, 5) is 28.9. The molecule has 0 unspecified atom stereocenters. The Kier molecular flexibility index (Phi) is 4.68. The minimum atomic E-state index is -0.223. The van der Waals surface area contributed by atoms with E-state index < -0.39 is 0 Å². The van der Waals surface area contributed by atoms with Gasteiger partial charge in [0, 0.05) is 30.7 Å². The van der Waals surface area contributed by atoms with Crippen LogP contribution in [-0.4, -0.2) is 32.4 Å². The first-order valence-corrected chi connectivity index (χ1v) is 8.03. The summed E-state index contributed by atoms with van der Waals surface area (Å²) in [6.45, 7) is 2.33. The quantitative estimate of drug-likeness (QED) is 0.778. The number of aryl methyl sites for hydroxylation is 1. The number of thiazole rings is 1. The van der Waals surface area contributed by atoms with Crippen molar-refractivity contribution in [2.75, 3.05) is 6.54 Å². The zero-order valence-electron chi connectivity index (χ0n) is 12.6. The van der Waals surface area contributed by atoms with Crippen LogP contribution in [0.3, 0.4) is 0 Å². The molecular weight excluding hydrogens is 310 g/mol. The van der Waals surface area contributed by atoms with Crippen molar-refractivity contribution in [1.29, 1.82) is 0 Å². The SMILES string of the molecule is Cc1cnc(C(=O)NCCc2nc(-c3ccccn3)cs2)cn1. The molecule has 0 bridgehead atoms. The maximum atomic E-state index is 11.9. The molecule has 0 radical (unpaired) electrons. The van der Waals surface area contributed by atoms with Gasteiger partial charge < -0.3 is 5.32 Å². The van der Waals surface area contributed by atoms with Crippen molar-refractivity contribution in [2.45, 2.75) is 13.3 Å². The van der Waals surface area contributed by atoms with Crippen molar-refractivity contribution in [3.63, 3.8) is 0 Å². The van der Waals surface area contributed by atoms with E-state index in [2.05, 4.69) is 25.3 Å². The van der Waals surface area contributed by atoms with Crippen LogP contribution in [0.25, 0.3) is 11.4 Å². The Morgan fingerprint density at radius 3 is 2.83 bits per heavy atom. The van der Waals surface area contributed by atoms with Crippen molar-refractivity contribution >= 4 is 17.2 Å². The van der Waals surface area contributed by atoms with Gasteiger partial charge in [0.1, 0.15) is 5.69 Å². The molecule has 0 spiro atoms. The molecule has 116 valence electrons. The second-order valence-corrected chi connectivity index (χ2v) is 5.83. The molecule has 0 aliphatic rings. The number of amides is 1. The van der Waals surface area contributed by atoms with Crippen LogP contribution in [0, 0.1) is 6.92 Å². The van der Waals surface area contributed by atoms with Gasteiger partial charge in [-0.1, -0.05) is 6.07 Å². The van der Waals surface area contributed by atoms with Gasteiger partial charge in [-0.05, 0) is 19.1 Å². The highest BCUT2D eigenvalue weighted by Crippen LogP contribution is 2.19. The molecule has 7 heteroatoms. The van der Waals surface area contributed by atoms with E-state index in [1.165, 1.54) is 6.20 Å². The summed E-state index contributed by atoms with van der Waals surface area (Å²) < 4.78 is 0. The Morgan fingerprint density at radius 2 is 2.09 bits per heavy atom. The number of carbonyl (C=O) groups excluding carboxylic acids is 1. The molecule has 0 saturated carbocycles. The Balaban J connectivity index is 1.54. The van der Waals surface area contributed by atoms with E-state index in [1.807, 2.05) is 30.5 Å². The summed E-state index contributed by atoms with van der Waals surface area (Å²) in [6, 6.07) is 5.74. The molecule has 23 heavy (non-hydrogen) atoms. The summed E-state index contributed by atoms with van der Waals surface area (Å²) in [6.07, 6.45) is 5.47. The van der Waals surface area contributed by atoms with Gasteiger partial charge in [-0.15, -0.1) is 11.3 Å². The lowest BCUT2D eigenvalue weighted by Gasteiger charge is -2.03. The first-order chi connectivity index (χ1) is 11.2. The lowest BCUT2D eigenvalue weighted by Crippen LogP contribution is -2.26. The van der Waals surface area contributed by atoms with Crippen LogP contribution in [0.4, 0.5) is 0 Å². The zero-order valence-corrected chi connectivity index (χ0v) is 13.4. The van der Waals surface area contributed by atoms with Crippen LogP contribution >= 0.6 is 11.3 Å². The van der Waals surface area contributed by atoms with E-state index in [-0.39, 0.29) is 5.91 Å². The van der Waals surface area contributed by atoms with E-state index in [0.717, 1.165) is 22.1 Å². The fraction of sp³-hybridized carbons (Fsp3) is 0.188. The molecule has 3 aromatic heterocycles. The lowest BCUT2D eigenvalue weighted by atomic mass is 10.3. The molecule has 0 fully saturated rings. The normalized spacial score (nSPS) is 10.5.